The van der Waals surface area contributed by atoms with Gasteiger partial charge in [-0.05, 0) is 54.4 Å². The van der Waals surface area contributed by atoms with Gasteiger partial charge in [0.05, 0.1) is 16.8 Å². The van der Waals surface area contributed by atoms with Crippen LogP contribution in [-0.4, -0.2) is 44.8 Å². The minimum atomic E-state index is -4.54. The molecule has 1 atom stereocenters. The Balaban J connectivity index is 1.87. The molecule has 1 unspecified atom stereocenters. The van der Waals surface area contributed by atoms with E-state index >= 15 is 0 Å². The average Bonchev–Trinajstić information content (AvgIpc) is 3.13. The summed E-state index contributed by atoms with van der Waals surface area (Å²) in [7, 11) is 0. The molecule has 0 aliphatic rings. The minimum absolute atomic E-state index is 0.0212. The first-order valence-corrected chi connectivity index (χ1v) is 11.7. The van der Waals surface area contributed by atoms with Crippen LogP contribution in [0.1, 0.15) is 41.5 Å². The summed E-state index contributed by atoms with van der Waals surface area (Å²) < 4.78 is 86.9. The van der Waals surface area contributed by atoms with Crippen LogP contribution in [0.3, 0.4) is 0 Å². The highest BCUT2D eigenvalue weighted by molar-refractivity contribution is 9.10. The zero-order chi connectivity index (χ0) is 28.4. The number of fused-ring (bicyclic) bond motifs is 1. The van der Waals surface area contributed by atoms with Crippen LogP contribution in [0, 0.1) is 24.4 Å². The van der Waals surface area contributed by atoms with E-state index in [9.17, 15) is 35.9 Å². The Morgan fingerprint density at radius 1 is 1.16 bits per heavy atom. The Morgan fingerprint density at radius 3 is 2.45 bits per heavy atom. The van der Waals surface area contributed by atoms with Crippen molar-refractivity contribution in [3.8, 4) is 5.75 Å². The maximum Gasteiger partial charge on any atom is 0.405 e. The Labute approximate surface area is 220 Å². The number of nitrogens with zero attached hydrogens (tertiary/aromatic N) is 2. The van der Waals surface area contributed by atoms with Crippen LogP contribution in [0.5, 0.6) is 5.75 Å². The molecule has 0 fully saturated rings. The number of ether oxygens (including phenoxy) is 1. The normalized spacial score (nSPS) is 13.3. The quantitative estimate of drug-likeness (QED) is 0.219. The molecule has 2 amide bonds. The summed E-state index contributed by atoms with van der Waals surface area (Å²) in [6.45, 7) is 1.51. The SMILES string of the molecule is Cc1nc2c(OCc3c(F)ccc(F)c3F)cc(Br)cn2c1C(=O)NCC(C)(CCC(F)(F)F)NC(=O)O. The lowest BCUT2D eigenvalue weighted by atomic mass is 9.95. The number of carbonyl (C=O) groups is 2. The number of aromatic nitrogens is 2. The molecule has 15 heteroatoms. The van der Waals surface area contributed by atoms with Crippen LogP contribution in [0.15, 0.2) is 28.9 Å². The summed E-state index contributed by atoms with van der Waals surface area (Å²) in [5.74, 6) is -4.52. The third-order valence-corrected chi connectivity index (χ3v) is 5.99. The summed E-state index contributed by atoms with van der Waals surface area (Å²) in [6, 6.07) is 2.79. The maximum absolute atomic E-state index is 14.0. The predicted octanol–water partition coefficient (Wildman–Crippen LogP) is 5.50. The highest BCUT2D eigenvalue weighted by Gasteiger charge is 2.35. The molecular formula is C23H21BrF6N4O4. The highest BCUT2D eigenvalue weighted by atomic mass is 79.9. The molecule has 2 aromatic heterocycles. The number of hydrogen-bond donors (Lipinski definition) is 3. The molecule has 0 saturated carbocycles. The van der Waals surface area contributed by atoms with E-state index in [1.54, 1.807) is 0 Å². The lowest BCUT2D eigenvalue weighted by molar-refractivity contribution is -0.138. The number of aryl methyl sites for hydroxylation is 1. The van der Waals surface area contributed by atoms with Crippen molar-refractivity contribution in [3.63, 3.8) is 0 Å². The number of nitrogens with one attached hydrogen (secondary N) is 2. The molecule has 38 heavy (non-hydrogen) atoms. The third kappa shape index (κ3) is 6.88. The molecular weight excluding hydrogens is 590 g/mol. The number of halogens is 7. The molecule has 0 radical (unpaired) electrons. The first kappa shape index (κ1) is 29.1. The number of alkyl halides is 3. The summed E-state index contributed by atoms with van der Waals surface area (Å²) in [5.41, 5.74) is -2.14. The monoisotopic (exact) mass is 610 g/mol. The third-order valence-electron chi connectivity index (χ3n) is 5.56. The highest BCUT2D eigenvalue weighted by Crippen LogP contribution is 2.29. The van der Waals surface area contributed by atoms with Crippen LogP contribution in [0.25, 0.3) is 5.65 Å². The Morgan fingerprint density at radius 2 is 1.82 bits per heavy atom. The molecule has 3 N–H and O–H groups in total. The van der Waals surface area contributed by atoms with Crippen molar-refractivity contribution in [1.82, 2.24) is 20.0 Å². The van der Waals surface area contributed by atoms with Crippen LogP contribution < -0.4 is 15.4 Å². The van der Waals surface area contributed by atoms with Gasteiger partial charge in [0.25, 0.3) is 5.91 Å². The zero-order valence-corrected chi connectivity index (χ0v) is 21.4. The van der Waals surface area contributed by atoms with Gasteiger partial charge in [-0.3, -0.25) is 9.20 Å². The molecule has 2 heterocycles. The van der Waals surface area contributed by atoms with E-state index in [1.165, 1.54) is 30.5 Å². The van der Waals surface area contributed by atoms with Crippen LogP contribution in [0.2, 0.25) is 0 Å². The van der Waals surface area contributed by atoms with Crippen molar-refractivity contribution < 1.29 is 45.8 Å². The molecule has 3 aromatic rings. The van der Waals surface area contributed by atoms with Crippen LogP contribution in [0.4, 0.5) is 31.1 Å². The first-order chi connectivity index (χ1) is 17.6. The molecule has 1 aromatic carbocycles. The number of pyridine rings is 1. The second kappa shape index (κ2) is 11.1. The topological polar surface area (TPSA) is 105 Å². The van der Waals surface area contributed by atoms with Gasteiger partial charge in [-0.1, -0.05) is 0 Å². The smallest absolute Gasteiger partial charge is 0.405 e. The fraction of sp³-hybridized carbons (Fsp3) is 0.348. The Bertz CT molecular complexity index is 1380. The Kier molecular flexibility index (Phi) is 8.48. The van der Waals surface area contributed by atoms with E-state index < -0.39 is 72.7 Å². The molecule has 0 spiro atoms. The summed E-state index contributed by atoms with van der Waals surface area (Å²) in [4.78, 5) is 28.4. The van der Waals surface area contributed by atoms with Gasteiger partial charge in [0.15, 0.2) is 23.0 Å². The molecule has 0 aliphatic carbocycles. The van der Waals surface area contributed by atoms with E-state index in [4.69, 9.17) is 9.84 Å². The largest absolute Gasteiger partial charge is 0.485 e. The van der Waals surface area contributed by atoms with E-state index in [2.05, 4.69) is 26.2 Å². The lowest BCUT2D eigenvalue weighted by Gasteiger charge is -2.30. The minimum Gasteiger partial charge on any atom is -0.485 e. The van der Waals surface area contributed by atoms with Gasteiger partial charge in [0, 0.05) is 23.6 Å². The fourth-order valence-electron chi connectivity index (χ4n) is 3.66. The van der Waals surface area contributed by atoms with Crippen molar-refractivity contribution in [2.24, 2.45) is 0 Å². The molecule has 0 saturated heterocycles. The van der Waals surface area contributed by atoms with Gasteiger partial charge >= 0.3 is 12.3 Å². The molecule has 206 valence electrons. The number of rotatable bonds is 9. The standard InChI is InChI=1S/C23H21BrF6N4O4/c1-11-18(20(35)31-10-22(2,33-21(36)37)5-6-23(28,29)30)34-8-12(24)7-16(19(34)32-11)38-9-13-14(25)3-4-15(26)17(13)27/h3-4,7-8,33H,5-6,9-10H2,1-2H3,(H,31,35)(H,36,37). The van der Waals surface area contributed by atoms with Gasteiger partial charge in [-0.15, -0.1) is 0 Å². The molecule has 0 aliphatic heterocycles. The molecule has 8 nitrogen and oxygen atoms in total. The second-order valence-electron chi connectivity index (χ2n) is 8.66. The van der Waals surface area contributed by atoms with Gasteiger partial charge in [-0.2, -0.15) is 13.2 Å². The number of amides is 2. The molecule has 3 rings (SSSR count). The van der Waals surface area contributed by atoms with Gasteiger partial charge in [0.1, 0.15) is 18.1 Å². The van der Waals surface area contributed by atoms with Crippen molar-refractivity contribution in [2.75, 3.05) is 6.54 Å². The van der Waals surface area contributed by atoms with E-state index in [0.29, 0.717) is 10.5 Å². The van der Waals surface area contributed by atoms with Gasteiger partial charge < -0.3 is 20.5 Å². The van der Waals surface area contributed by atoms with Gasteiger partial charge in [-0.25, -0.2) is 22.9 Å². The van der Waals surface area contributed by atoms with E-state index in [1.807, 2.05) is 5.32 Å². The average molecular weight is 611 g/mol. The number of carbonyl (C=O) groups excluding carboxylic acids is 1. The number of hydrogen-bond acceptors (Lipinski definition) is 4. The van der Waals surface area contributed by atoms with E-state index in [0.717, 1.165) is 6.07 Å². The Hall–Kier alpha value is -3.49. The first-order valence-electron chi connectivity index (χ1n) is 10.9. The van der Waals surface area contributed by atoms with Crippen molar-refractivity contribution in [2.45, 2.75) is 45.0 Å². The summed E-state index contributed by atoms with van der Waals surface area (Å²) >= 11 is 3.23. The number of carboxylic acid groups (broad SMARTS) is 1. The predicted molar refractivity (Wildman–Crippen MR) is 125 cm³/mol. The second-order valence-corrected chi connectivity index (χ2v) is 9.58. The summed E-state index contributed by atoms with van der Waals surface area (Å²) in [5, 5.41) is 13.5. The number of benzene rings is 1. The van der Waals surface area contributed by atoms with E-state index in [-0.39, 0.29) is 22.8 Å². The van der Waals surface area contributed by atoms with Crippen molar-refractivity contribution in [1.29, 1.82) is 0 Å². The summed E-state index contributed by atoms with van der Waals surface area (Å²) in [6.07, 6.45) is -6.59. The van der Waals surface area contributed by atoms with Crippen LogP contribution >= 0.6 is 15.9 Å². The maximum atomic E-state index is 14.0. The number of imidazole rings is 1. The van der Waals surface area contributed by atoms with Crippen LogP contribution in [-0.2, 0) is 6.61 Å². The van der Waals surface area contributed by atoms with Gasteiger partial charge in [0.2, 0.25) is 0 Å². The van der Waals surface area contributed by atoms with Crippen molar-refractivity contribution >= 4 is 33.6 Å². The zero-order valence-electron chi connectivity index (χ0n) is 19.8. The fourth-order valence-corrected chi connectivity index (χ4v) is 4.07. The lowest BCUT2D eigenvalue weighted by Crippen LogP contribution is -2.53. The van der Waals surface area contributed by atoms with Crippen molar-refractivity contribution in [3.05, 3.63) is 63.3 Å². The molecule has 0 bridgehead atoms.